The van der Waals surface area contributed by atoms with E-state index >= 15 is 0 Å². The second-order valence-corrected chi connectivity index (χ2v) is 8.16. The molecule has 0 radical (unpaired) electrons. The maximum absolute atomic E-state index is 12.7. The molecule has 0 saturated carbocycles. The van der Waals surface area contributed by atoms with Crippen LogP contribution in [0.1, 0.15) is 56.9 Å². The molecule has 30 heavy (non-hydrogen) atoms. The van der Waals surface area contributed by atoms with E-state index in [1.165, 1.54) is 6.26 Å². The molecular weight excluding hydrogens is 382 g/mol. The third kappa shape index (κ3) is 8.27. The molecule has 1 aromatic heterocycles. The number of carbonyl (C=O) groups excluding carboxylic acids is 2. The predicted octanol–water partition coefficient (Wildman–Crippen LogP) is 3.90. The molecular formula is C23H33N3O4. The van der Waals surface area contributed by atoms with Crippen molar-refractivity contribution in [2.24, 2.45) is 11.8 Å². The molecule has 7 nitrogen and oxygen atoms in total. The van der Waals surface area contributed by atoms with E-state index in [1.807, 2.05) is 30.3 Å². The standard InChI is InChI=1S/C23H33N3O4/c1-17(2)10-12-24-23(28)20-15-30-21(25-20)14-26(13-11-18(3)4)22(27)16-29-19-8-6-5-7-9-19/h5-9,15,17-18H,10-14,16H2,1-4H3,(H,24,28). The molecule has 0 fully saturated rings. The highest BCUT2D eigenvalue weighted by Crippen LogP contribution is 2.12. The maximum atomic E-state index is 12.7. The van der Waals surface area contributed by atoms with E-state index in [2.05, 4.69) is 38.0 Å². The van der Waals surface area contributed by atoms with Crippen molar-refractivity contribution < 1.29 is 18.7 Å². The Labute approximate surface area is 178 Å². The third-order valence-electron chi connectivity index (χ3n) is 4.55. The summed E-state index contributed by atoms with van der Waals surface area (Å²) in [5, 5.41) is 2.84. The Kier molecular flexibility index (Phi) is 9.38. The van der Waals surface area contributed by atoms with E-state index in [1.54, 1.807) is 4.90 Å². The van der Waals surface area contributed by atoms with Gasteiger partial charge in [-0.2, -0.15) is 0 Å². The summed E-state index contributed by atoms with van der Waals surface area (Å²) in [6.45, 7) is 9.70. The van der Waals surface area contributed by atoms with Crippen molar-refractivity contribution in [3.63, 3.8) is 0 Å². The number of nitrogens with zero attached hydrogens (tertiary/aromatic N) is 2. The second kappa shape index (κ2) is 12.0. The van der Waals surface area contributed by atoms with E-state index in [-0.39, 0.29) is 30.7 Å². The number of carbonyl (C=O) groups is 2. The SMILES string of the molecule is CC(C)CCNC(=O)c1coc(CN(CCC(C)C)C(=O)COc2ccccc2)n1. The number of hydrogen-bond acceptors (Lipinski definition) is 5. The summed E-state index contributed by atoms with van der Waals surface area (Å²) in [6.07, 6.45) is 3.08. The van der Waals surface area contributed by atoms with Gasteiger partial charge in [-0.3, -0.25) is 9.59 Å². The molecule has 7 heteroatoms. The quantitative estimate of drug-likeness (QED) is 0.568. The molecule has 1 N–H and O–H groups in total. The molecule has 2 aromatic rings. The van der Waals surface area contributed by atoms with Crippen LogP contribution in [0, 0.1) is 11.8 Å². The van der Waals surface area contributed by atoms with Gasteiger partial charge in [-0.15, -0.1) is 0 Å². The molecule has 0 bridgehead atoms. The van der Waals surface area contributed by atoms with Gasteiger partial charge in [0.25, 0.3) is 11.8 Å². The molecule has 1 aromatic carbocycles. The molecule has 2 amide bonds. The van der Waals surface area contributed by atoms with Gasteiger partial charge < -0.3 is 19.4 Å². The number of hydrogen-bond donors (Lipinski definition) is 1. The van der Waals surface area contributed by atoms with Crippen LogP contribution in [0.3, 0.4) is 0 Å². The minimum absolute atomic E-state index is 0.0641. The predicted molar refractivity (Wildman–Crippen MR) is 115 cm³/mol. The zero-order valence-corrected chi connectivity index (χ0v) is 18.4. The van der Waals surface area contributed by atoms with Crippen LogP contribution in [0.5, 0.6) is 5.75 Å². The molecule has 0 saturated heterocycles. The van der Waals surface area contributed by atoms with Gasteiger partial charge >= 0.3 is 0 Å². The number of amides is 2. The average molecular weight is 416 g/mol. The van der Waals surface area contributed by atoms with Gasteiger partial charge in [-0.1, -0.05) is 45.9 Å². The summed E-state index contributed by atoms with van der Waals surface area (Å²) in [5.41, 5.74) is 0.227. The second-order valence-electron chi connectivity index (χ2n) is 8.16. The Morgan fingerprint density at radius 3 is 2.47 bits per heavy atom. The summed E-state index contributed by atoms with van der Waals surface area (Å²) in [6, 6.07) is 9.23. The first-order valence-electron chi connectivity index (χ1n) is 10.5. The molecule has 0 spiro atoms. The number of nitrogens with one attached hydrogen (secondary N) is 1. The van der Waals surface area contributed by atoms with Crippen LogP contribution in [0.25, 0.3) is 0 Å². The molecule has 1 heterocycles. The number of para-hydroxylation sites is 1. The average Bonchev–Trinajstić information content (AvgIpc) is 3.18. The lowest BCUT2D eigenvalue weighted by atomic mass is 10.1. The molecule has 0 atom stereocenters. The lowest BCUT2D eigenvalue weighted by Gasteiger charge is -2.22. The molecule has 0 aliphatic heterocycles. The van der Waals surface area contributed by atoms with Gasteiger partial charge in [0.1, 0.15) is 12.0 Å². The minimum Gasteiger partial charge on any atom is -0.484 e. The fourth-order valence-electron chi connectivity index (χ4n) is 2.68. The highest BCUT2D eigenvalue weighted by molar-refractivity contribution is 5.91. The van der Waals surface area contributed by atoms with E-state index in [4.69, 9.17) is 9.15 Å². The van der Waals surface area contributed by atoms with E-state index < -0.39 is 0 Å². The largest absolute Gasteiger partial charge is 0.484 e. The Bertz CT molecular complexity index is 787. The normalized spacial score (nSPS) is 11.0. The summed E-state index contributed by atoms with van der Waals surface area (Å²) in [7, 11) is 0. The lowest BCUT2D eigenvalue weighted by molar-refractivity contribution is -0.134. The van der Waals surface area contributed by atoms with Crippen molar-refractivity contribution in [1.82, 2.24) is 15.2 Å². The maximum Gasteiger partial charge on any atom is 0.273 e. The number of oxazole rings is 1. The van der Waals surface area contributed by atoms with Crippen molar-refractivity contribution in [3.8, 4) is 5.75 Å². The van der Waals surface area contributed by atoms with E-state index in [0.29, 0.717) is 36.6 Å². The summed E-state index contributed by atoms with van der Waals surface area (Å²) < 4.78 is 11.1. The van der Waals surface area contributed by atoms with Crippen molar-refractivity contribution in [2.75, 3.05) is 19.7 Å². The van der Waals surface area contributed by atoms with Gasteiger partial charge in [-0.25, -0.2) is 4.98 Å². The van der Waals surface area contributed by atoms with Crippen molar-refractivity contribution >= 4 is 11.8 Å². The van der Waals surface area contributed by atoms with Crippen LogP contribution in [-0.4, -0.2) is 41.4 Å². The van der Waals surface area contributed by atoms with Gasteiger partial charge in [0.15, 0.2) is 12.3 Å². The smallest absolute Gasteiger partial charge is 0.273 e. The number of benzene rings is 1. The number of ether oxygens (including phenoxy) is 1. The molecule has 0 unspecified atom stereocenters. The van der Waals surface area contributed by atoms with Gasteiger partial charge in [-0.05, 0) is 36.8 Å². The van der Waals surface area contributed by atoms with Gasteiger partial charge in [0, 0.05) is 13.1 Å². The van der Waals surface area contributed by atoms with Crippen molar-refractivity contribution in [2.45, 2.75) is 47.1 Å². The Hall–Kier alpha value is -2.83. The van der Waals surface area contributed by atoms with Crippen LogP contribution in [0.4, 0.5) is 0 Å². The highest BCUT2D eigenvalue weighted by atomic mass is 16.5. The summed E-state index contributed by atoms with van der Waals surface area (Å²) in [5.74, 6) is 1.52. The van der Waals surface area contributed by atoms with Crippen LogP contribution < -0.4 is 10.1 Å². The minimum atomic E-state index is -0.266. The van der Waals surface area contributed by atoms with Crippen LogP contribution in [-0.2, 0) is 11.3 Å². The summed E-state index contributed by atoms with van der Waals surface area (Å²) in [4.78, 5) is 30.9. The van der Waals surface area contributed by atoms with Crippen LogP contribution in [0.15, 0.2) is 41.0 Å². The molecule has 0 aliphatic rings. The molecule has 0 aliphatic carbocycles. The van der Waals surface area contributed by atoms with Crippen LogP contribution >= 0.6 is 0 Å². The Balaban J connectivity index is 1.95. The first-order chi connectivity index (χ1) is 14.3. The van der Waals surface area contributed by atoms with Gasteiger partial charge in [0.2, 0.25) is 5.89 Å². The fraction of sp³-hybridized carbons (Fsp3) is 0.522. The van der Waals surface area contributed by atoms with E-state index in [0.717, 1.165) is 12.8 Å². The number of aromatic nitrogens is 1. The Morgan fingerprint density at radius 1 is 1.10 bits per heavy atom. The molecule has 2 rings (SSSR count). The zero-order valence-electron chi connectivity index (χ0n) is 18.4. The van der Waals surface area contributed by atoms with E-state index in [9.17, 15) is 9.59 Å². The Morgan fingerprint density at radius 2 is 1.80 bits per heavy atom. The summed E-state index contributed by atoms with van der Waals surface area (Å²) >= 11 is 0. The number of rotatable bonds is 12. The third-order valence-corrected chi connectivity index (χ3v) is 4.55. The lowest BCUT2D eigenvalue weighted by Crippen LogP contribution is -2.36. The fourth-order valence-corrected chi connectivity index (χ4v) is 2.68. The first-order valence-corrected chi connectivity index (χ1v) is 10.5. The first kappa shape index (κ1) is 23.4. The van der Waals surface area contributed by atoms with Crippen molar-refractivity contribution in [1.29, 1.82) is 0 Å². The zero-order chi connectivity index (χ0) is 21.9. The van der Waals surface area contributed by atoms with Crippen LogP contribution in [0.2, 0.25) is 0 Å². The van der Waals surface area contributed by atoms with Gasteiger partial charge in [0.05, 0.1) is 6.54 Å². The van der Waals surface area contributed by atoms with Crippen molar-refractivity contribution in [3.05, 3.63) is 48.2 Å². The topological polar surface area (TPSA) is 84.7 Å². The molecule has 164 valence electrons. The highest BCUT2D eigenvalue weighted by Gasteiger charge is 2.19. The monoisotopic (exact) mass is 415 g/mol.